The summed E-state index contributed by atoms with van der Waals surface area (Å²) in [5.74, 6) is -1.29. The van der Waals surface area contributed by atoms with Gasteiger partial charge >= 0.3 is 12.0 Å². The second-order valence-electron chi connectivity index (χ2n) is 5.33. The summed E-state index contributed by atoms with van der Waals surface area (Å²) in [4.78, 5) is 37.8. The van der Waals surface area contributed by atoms with Crippen LogP contribution in [0.5, 0.6) is 0 Å². The predicted octanol–water partition coefficient (Wildman–Crippen LogP) is 2.97. The van der Waals surface area contributed by atoms with Crippen LogP contribution < -0.4 is 10.6 Å². The van der Waals surface area contributed by atoms with Crippen molar-refractivity contribution in [2.45, 2.75) is 26.4 Å². The van der Waals surface area contributed by atoms with Gasteiger partial charge < -0.3 is 10.1 Å². The zero-order chi connectivity index (χ0) is 18.4. The van der Waals surface area contributed by atoms with Crippen LogP contribution in [-0.4, -0.2) is 25.0 Å². The van der Waals surface area contributed by atoms with Crippen molar-refractivity contribution >= 4 is 29.2 Å². The van der Waals surface area contributed by atoms with E-state index in [4.69, 9.17) is 4.74 Å². The summed E-state index contributed by atoms with van der Waals surface area (Å²) < 4.78 is 5.42. The monoisotopic (exact) mass is 360 g/mol. The number of hydrogen-bond donors (Lipinski definition) is 2. The van der Waals surface area contributed by atoms with Crippen LogP contribution in [-0.2, 0) is 16.0 Å². The fraction of sp³-hybridized carbons (Fsp3) is 0.278. The Hall–Kier alpha value is -2.67. The van der Waals surface area contributed by atoms with Gasteiger partial charge in [0.15, 0.2) is 0 Å². The van der Waals surface area contributed by atoms with Gasteiger partial charge in [0.05, 0.1) is 0 Å². The van der Waals surface area contributed by atoms with Crippen molar-refractivity contribution in [3.05, 3.63) is 57.3 Å². The van der Waals surface area contributed by atoms with Gasteiger partial charge in [-0.2, -0.15) is 0 Å². The number of nitrogens with one attached hydrogen (secondary N) is 2. The summed E-state index contributed by atoms with van der Waals surface area (Å²) in [6, 6.07) is 9.67. The Kier molecular flexibility index (Phi) is 6.30. The molecule has 0 aliphatic rings. The maximum Gasteiger partial charge on any atom is 0.349 e. The molecule has 0 saturated heterocycles. The molecule has 132 valence electrons. The van der Waals surface area contributed by atoms with Gasteiger partial charge in [0.25, 0.3) is 5.91 Å². The van der Waals surface area contributed by atoms with E-state index in [0.717, 1.165) is 16.9 Å². The van der Waals surface area contributed by atoms with E-state index in [0.29, 0.717) is 10.4 Å². The van der Waals surface area contributed by atoms with Crippen LogP contribution in [0.3, 0.4) is 0 Å². The minimum absolute atomic E-state index is 0.433. The Balaban J connectivity index is 2.24. The van der Waals surface area contributed by atoms with Crippen LogP contribution in [0.4, 0.5) is 4.79 Å². The maximum absolute atomic E-state index is 12.5. The number of aryl methyl sites for hydroxylation is 2. The molecule has 2 aromatic rings. The molecule has 0 fully saturated rings. The average molecular weight is 360 g/mol. The molecule has 0 saturated carbocycles. The van der Waals surface area contributed by atoms with E-state index in [1.807, 2.05) is 13.8 Å². The molecular formula is C18H20N2O4S. The number of rotatable bonds is 5. The first-order valence-corrected chi connectivity index (χ1v) is 8.65. The molecule has 0 bridgehead atoms. The average Bonchev–Trinajstić information content (AvgIpc) is 3.00. The Morgan fingerprint density at radius 2 is 1.88 bits per heavy atom. The lowest BCUT2D eigenvalue weighted by molar-refractivity contribution is -0.129. The predicted molar refractivity (Wildman–Crippen MR) is 95.6 cm³/mol. The van der Waals surface area contributed by atoms with Crippen molar-refractivity contribution in [1.29, 1.82) is 0 Å². The van der Waals surface area contributed by atoms with Gasteiger partial charge in [-0.1, -0.05) is 37.3 Å². The highest BCUT2D eigenvalue weighted by Gasteiger charge is 2.27. The molecular weight excluding hydrogens is 340 g/mol. The van der Waals surface area contributed by atoms with E-state index in [9.17, 15) is 14.4 Å². The van der Waals surface area contributed by atoms with E-state index < -0.39 is 24.0 Å². The number of carbonyl (C=O) groups excluding carboxylic acids is 3. The Morgan fingerprint density at radius 3 is 2.44 bits per heavy atom. The summed E-state index contributed by atoms with van der Waals surface area (Å²) >= 11 is 1.35. The number of hydrogen-bond acceptors (Lipinski definition) is 5. The van der Waals surface area contributed by atoms with Gasteiger partial charge in [0.2, 0.25) is 6.10 Å². The number of carbonyl (C=O) groups is 3. The summed E-state index contributed by atoms with van der Waals surface area (Å²) in [5.41, 5.74) is 1.51. The lowest BCUT2D eigenvalue weighted by Crippen LogP contribution is -2.41. The number of urea groups is 1. The molecule has 0 spiro atoms. The van der Waals surface area contributed by atoms with Crippen LogP contribution in [0, 0.1) is 6.92 Å². The number of benzene rings is 1. The third-order valence-corrected chi connectivity index (χ3v) is 4.93. The Bertz CT molecular complexity index is 771. The van der Waals surface area contributed by atoms with Crippen LogP contribution in [0.2, 0.25) is 0 Å². The maximum atomic E-state index is 12.5. The van der Waals surface area contributed by atoms with Crippen LogP contribution in [0.25, 0.3) is 0 Å². The molecule has 7 heteroatoms. The lowest BCUT2D eigenvalue weighted by atomic mass is 10.1. The van der Waals surface area contributed by atoms with Crippen molar-refractivity contribution in [3.8, 4) is 0 Å². The third kappa shape index (κ3) is 4.67. The first-order valence-electron chi connectivity index (χ1n) is 7.84. The molecule has 0 aliphatic heterocycles. The largest absolute Gasteiger partial charge is 0.443 e. The highest BCUT2D eigenvalue weighted by Crippen LogP contribution is 2.26. The summed E-state index contributed by atoms with van der Waals surface area (Å²) in [6.45, 7) is 3.94. The van der Waals surface area contributed by atoms with E-state index in [1.54, 1.807) is 36.4 Å². The summed E-state index contributed by atoms with van der Waals surface area (Å²) in [5, 5.41) is 4.45. The fourth-order valence-electron chi connectivity index (χ4n) is 2.28. The van der Waals surface area contributed by atoms with Gasteiger partial charge in [0.1, 0.15) is 4.88 Å². The quantitative estimate of drug-likeness (QED) is 0.803. The van der Waals surface area contributed by atoms with Gasteiger partial charge in [-0.25, -0.2) is 9.59 Å². The minimum Gasteiger partial charge on any atom is -0.443 e. The molecule has 25 heavy (non-hydrogen) atoms. The van der Waals surface area contributed by atoms with Crippen LogP contribution >= 0.6 is 11.3 Å². The van der Waals surface area contributed by atoms with Crippen LogP contribution in [0.1, 0.15) is 38.7 Å². The Morgan fingerprint density at radius 1 is 1.20 bits per heavy atom. The van der Waals surface area contributed by atoms with E-state index >= 15 is 0 Å². The molecule has 6 nitrogen and oxygen atoms in total. The topological polar surface area (TPSA) is 84.5 Å². The first kappa shape index (κ1) is 18.7. The minimum atomic E-state index is -1.21. The number of thiophene rings is 1. The van der Waals surface area contributed by atoms with Crippen molar-refractivity contribution in [2.75, 3.05) is 7.05 Å². The van der Waals surface area contributed by atoms with Gasteiger partial charge in [-0.3, -0.25) is 10.1 Å². The third-order valence-electron chi connectivity index (χ3n) is 3.57. The fourth-order valence-corrected chi connectivity index (χ4v) is 3.27. The summed E-state index contributed by atoms with van der Waals surface area (Å²) in [6.07, 6.45) is -0.387. The van der Waals surface area contributed by atoms with E-state index in [-0.39, 0.29) is 0 Å². The molecule has 1 atom stereocenters. The number of esters is 1. The number of imide groups is 1. The molecule has 2 rings (SSSR count). The second-order valence-corrected chi connectivity index (χ2v) is 6.47. The van der Waals surface area contributed by atoms with E-state index in [2.05, 4.69) is 10.6 Å². The van der Waals surface area contributed by atoms with Gasteiger partial charge in [-0.05, 0) is 25.0 Å². The van der Waals surface area contributed by atoms with Crippen LogP contribution in [0.15, 0.2) is 36.4 Å². The second kappa shape index (κ2) is 8.43. The first-order chi connectivity index (χ1) is 12.0. The highest BCUT2D eigenvalue weighted by molar-refractivity contribution is 7.14. The molecule has 0 unspecified atom stereocenters. The molecule has 3 amide bonds. The smallest absolute Gasteiger partial charge is 0.349 e. The zero-order valence-electron chi connectivity index (χ0n) is 14.3. The van der Waals surface area contributed by atoms with Gasteiger partial charge in [-0.15, -0.1) is 11.3 Å². The molecule has 1 aromatic carbocycles. The molecule has 0 radical (unpaired) electrons. The molecule has 2 N–H and O–H groups in total. The zero-order valence-corrected chi connectivity index (χ0v) is 15.1. The van der Waals surface area contributed by atoms with Crippen molar-refractivity contribution in [3.63, 3.8) is 0 Å². The SMILES string of the molecule is CCc1sc(C(=O)O[C@@H](C(=O)NC(=O)NC)c2ccccc2)cc1C. The molecule has 0 aliphatic carbocycles. The van der Waals surface area contributed by atoms with Crippen molar-refractivity contribution < 1.29 is 19.1 Å². The standard InChI is InChI=1S/C18H20N2O4S/c1-4-13-11(2)10-14(25-13)17(22)24-15(12-8-6-5-7-9-12)16(21)20-18(23)19-3/h5-10,15H,4H2,1-3H3,(H2,19,20,21,23)/t15-/m1/s1. The highest BCUT2D eigenvalue weighted by atomic mass is 32.1. The number of ether oxygens (including phenoxy) is 1. The van der Waals surface area contributed by atoms with Gasteiger partial charge in [0, 0.05) is 17.5 Å². The summed E-state index contributed by atoms with van der Waals surface area (Å²) in [7, 11) is 1.40. The normalized spacial score (nSPS) is 11.5. The molecule has 1 heterocycles. The van der Waals surface area contributed by atoms with E-state index in [1.165, 1.54) is 18.4 Å². The van der Waals surface area contributed by atoms with Crippen molar-refractivity contribution in [1.82, 2.24) is 10.6 Å². The number of amides is 3. The Labute approximate surface area is 150 Å². The lowest BCUT2D eigenvalue weighted by Gasteiger charge is -2.17. The van der Waals surface area contributed by atoms with Crippen molar-refractivity contribution in [2.24, 2.45) is 0 Å². The molecule has 1 aromatic heterocycles.